The second-order valence-electron chi connectivity index (χ2n) is 5.54. The first-order valence-corrected chi connectivity index (χ1v) is 6.86. The van der Waals surface area contributed by atoms with E-state index in [2.05, 4.69) is 0 Å². The molecular weight excluding hydrogens is 278 g/mol. The molecule has 21 heavy (non-hydrogen) atoms. The maximum atomic E-state index is 12.1. The van der Waals surface area contributed by atoms with E-state index in [1.807, 2.05) is 0 Å². The molecule has 0 aliphatic carbocycles. The summed E-state index contributed by atoms with van der Waals surface area (Å²) in [5.41, 5.74) is 0.589. The molecule has 0 aromatic rings. The zero-order valence-corrected chi connectivity index (χ0v) is 12.2. The largest absolute Gasteiger partial charge is 0.477 e. The maximum absolute atomic E-state index is 12.1. The third-order valence-electron chi connectivity index (χ3n) is 4.23. The van der Waals surface area contributed by atoms with Gasteiger partial charge < -0.3 is 19.8 Å². The van der Waals surface area contributed by atoms with Gasteiger partial charge in [0, 0.05) is 12.8 Å². The molecule has 0 unspecified atom stereocenters. The molecule has 0 aromatic carbocycles. The molecule has 2 rings (SSSR count). The number of fused-ring (bicyclic) bond motifs is 1. The Bertz CT molecular complexity index is 524. The fourth-order valence-electron chi connectivity index (χ4n) is 3.32. The summed E-state index contributed by atoms with van der Waals surface area (Å²) in [6.45, 7) is 4.66. The number of esters is 1. The third-order valence-corrected chi connectivity index (χ3v) is 4.23. The normalized spacial score (nSPS) is 29.0. The van der Waals surface area contributed by atoms with E-state index in [-0.39, 0.29) is 30.2 Å². The van der Waals surface area contributed by atoms with Crippen LogP contribution >= 0.6 is 0 Å². The lowest BCUT2D eigenvalue weighted by Gasteiger charge is -2.47. The average molecular weight is 297 g/mol. The Balaban J connectivity index is 2.22. The first-order chi connectivity index (χ1) is 9.77. The SMILES string of the molecule is CC(=O)OCC[C@@H]1C(C)=C(C(=O)O)N2C(=O)[C@H]([C@@H](C)O)[C@@H]12. The summed E-state index contributed by atoms with van der Waals surface area (Å²) in [6.07, 6.45) is -0.407. The zero-order valence-electron chi connectivity index (χ0n) is 12.2. The number of carboxylic acids is 1. The van der Waals surface area contributed by atoms with E-state index in [0.29, 0.717) is 12.0 Å². The van der Waals surface area contributed by atoms with Crippen molar-refractivity contribution in [3.8, 4) is 0 Å². The van der Waals surface area contributed by atoms with Crippen LogP contribution in [0.3, 0.4) is 0 Å². The van der Waals surface area contributed by atoms with Crippen LogP contribution in [0.2, 0.25) is 0 Å². The molecule has 0 aromatic heterocycles. The van der Waals surface area contributed by atoms with E-state index in [9.17, 15) is 24.6 Å². The fraction of sp³-hybridized carbons (Fsp3) is 0.643. The molecule has 1 saturated heterocycles. The number of nitrogens with zero attached hydrogens (tertiary/aromatic N) is 1. The zero-order chi connectivity index (χ0) is 15.9. The van der Waals surface area contributed by atoms with Gasteiger partial charge in [-0.05, 0) is 25.8 Å². The Hall–Kier alpha value is -1.89. The van der Waals surface area contributed by atoms with Crippen molar-refractivity contribution in [2.24, 2.45) is 11.8 Å². The lowest BCUT2D eigenvalue weighted by Crippen LogP contribution is -2.64. The van der Waals surface area contributed by atoms with Gasteiger partial charge in [-0.3, -0.25) is 9.59 Å². The highest BCUT2D eigenvalue weighted by molar-refractivity contribution is 5.99. The van der Waals surface area contributed by atoms with Gasteiger partial charge in [-0.15, -0.1) is 0 Å². The van der Waals surface area contributed by atoms with E-state index in [4.69, 9.17) is 4.74 Å². The molecule has 0 bridgehead atoms. The molecule has 0 radical (unpaired) electrons. The van der Waals surface area contributed by atoms with Crippen LogP contribution in [-0.4, -0.2) is 51.7 Å². The number of β-lactam (4-membered cyclic amide) rings is 1. The topological polar surface area (TPSA) is 104 Å². The molecule has 116 valence electrons. The Kier molecular flexibility index (Phi) is 4.04. The first kappa shape index (κ1) is 15.5. The number of amides is 1. The molecule has 2 aliphatic heterocycles. The number of rotatable bonds is 5. The summed E-state index contributed by atoms with van der Waals surface area (Å²) in [7, 11) is 0. The molecule has 7 nitrogen and oxygen atoms in total. The average Bonchev–Trinajstić information content (AvgIpc) is 2.59. The first-order valence-electron chi connectivity index (χ1n) is 6.86. The molecule has 0 saturated carbocycles. The van der Waals surface area contributed by atoms with Crippen molar-refractivity contribution < 1.29 is 29.3 Å². The number of aliphatic carboxylic acids is 1. The molecule has 2 aliphatic rings. The maximum Gasteiger partial charge on any atom is 0.352 e. The Morgan fingerprint density at radius 2 is 2.05 bits per heavy atom. The highest BCUT2D eigenvalue weighted by Gasteiger charge is 2.59. The Labute approximate surface area is 122 Å². The summed E-state index contributed by atoms with van der Waals surface area (Å²) in [5.74, 6) is -2.72. The van der Waals surface area contributed by atoms with E-state index in [1.54, 1.807) is 6.92 Å². The number of carbonyl (C=O) groups excluding carboxylic acids is 2. The monoisotopic (exact) mass is 297 g/mol. The highest BCUT2D eigenvalue weighted by atomic mass is 16.5. The lowest BCUT2D eigenvalue weighted by atomic mass is 9.76. The number of hydrogen-bond donors (Lipinski definition) is 2. The van der Waals surface area contributed by atoms with E-state index in [0.717, 1.165) is 0 Å². The summed E-state index contributed by atoms with van der Waals surface area (Å²) in [4.78, 5) is 35.5. The van der Waals surface area contributed by atoms with Crippen LogP contribution in [0.5, 0.6) is 0 Å². The molecule has 1 amide bonds. The Morgan fingerprint density at radius 3 is 2.52 bits per heavy atom. The van der Waals surface area contributed by atoms with Crippen molar-refractivity contribution in [1.29, 1.82) is 0 Å². The van der Waals surface area contributed by atoms with Gasteiger partial charge in [0.1, 0.15) is 5.70 Å². The van der Waals surface area contributed by atoms with Crippen LogP contribution < -0.4 is 0 Å². The third kappa shape index (κ3) is 2.42. The van der Waals surface area contributed by atoms with Gasteiger partial charge in [0.2, 0.25) is 5.91 Å². The quantitative estimate of drug-likeness (QED) is 0.552. The second kappa shape index (κ2) is 5.48. The predicted octanol–water partition coefficient (Wildman–Crippen LogP) is 0.136. The number of carboxylic acid groups (broad SMARTS) is 1. The van der Waals surface area contributed by atoms with Crippen molar-refractivity contribution >= 4 is 17.8 Å². The molecule has 1 fully saturated rings. The number of aliphatic hydroxyl groups excluding tert-OH is 1. The lowest BCUT2D eigenvalue weighted by molar-refractivity contribution is -0.164. The number of aliphatic hydroxyl groups is 1. The van der Waals surface area contributed by atoms with Crippen molar-refractivity contribution in [1.82, 2.24) is 4.90 Å². The van der Waals surface area contributed by atoms with Gasteiger partial charge in [0.05, 0.1) is 24.7 Å². The molecule has 4 atom stereocenters. The van der Waals surface area contributed by atoms with Crippen LogP contribution in [0, 0.1) is 11.8 Å². The standard InChI is InChI=1S/C14H19NO6/c1-6-9(4-5-21-8(3)17)12-10(7(2)16)13(18)15(12)11(6)14(19)20/h7,9-10,12,16H,4-5H2,1-3H3,(H,19,20)/t7-,9-,10-,12-/m1/s1. The second-order valence-corrected chi connectivity index (χ2v) is 5.54. The van der Waals surface area contributed by atoms with Gasteiger partial charge in [-0.2, -0.15) is 0 Å². The summed E-state index contributed by atoms with van der Waals surface area (Å²) in [6, 6.07) is -0.362. The van der Waals surface area contributed by atoms with Crippen molar-refractivity contribution in [3.05, 3.63) is 11.3 Å². The van der Waals surface area contributed by atoms with Gasteiger partial charge in [0.25, 0.3) is 0 Å². The van der Waals surface area contributed by atoms with E-state index in [1.165, 1.54) is 18.7 Å². The minimum atomic E-state index is -1.15. The molecular formula is C14H19NO6. The van der Waals surface area contributed by atoms with Crippen molar-refractivity contribution in [2.45, 2.75) is 39.3 Å². The minimum Gasteiger partial charge on any atom is -0.477 e. The fourth-order valence-corrected chi connectivity index (χ4v) is 3.32. The Morgan fingerprint density at radius 1 is 1.43 bits per heavy atom. The molecule has 2 heterocycles. The van der Waals surface area contributed by atoms with Gasteiger partial charge in [-0.1, -0.05) is 0 Å². The van der Waals surface area contributed by atoms with Crippen molar-refractivity contribution in [3.63, 3.8) is 0 Å². The van der Waals surface area contributed by atoms with Crippen LogP contribution in [-0.2, 0) is 19.1 Å². The van der Waals surface area contributed by atoms with Crippen LogP contribution in [0.25, 0.3) is 0 Å². The molecule has 7 heteroatoms. The summed E-state index contributed by atoms with van der Waals surface area (Å²) >= 11 is 0. The number of hydrogen-bond acceptors (Lipinski definition) is 5. The van der Waals surface area contributed by atoms with Gasteiger partial charge >= 0.3 is 11.9 Å². The summed E-state index contributed by atoms with van der Waals surface area (Å²) in [5, 5.41) is 19.0. The predicted molar refractivity (Wildman–Crippen MR) is 70.9 cm³/mol. The number of carbonyl (C=O) groups is 3. The molecule has 0 spiro atoms. The van der Waals surface area contributed by atoms with E-state index < -0.39 is 24.0 Å². The van der Waals surface area contributed by atoms with Crippen LogP contribution in [0.1, 0.15) is 27.2 Å². The van der Waals surface area contributed by atoms with Gasteiger partial charge in [0.15, 0.2) is 0 Å². The summed E-state index contributed by atoms with van der Waals surface area (Å²) < 4.78 is 4.90. The number of ether oxygens (including phenoxy) is 1. The van der Waals surface area contributed by atoms with Crippen LogP contribution in [0.15, 0.2) is 11.3 Å². The molecule has 2 N–H and O–H groups in total. The highest BCUT2D eigenvalue weighted by Crippen LogP contribution is 2.48. The smallest absolute Gasteiger partial charge is 0.352 e. The minimum absolute atomic E-state index is 0.00488. The van der Waals surface area contributed by atoms with Crippen LogP contribution in [0.4, 0.5) is 0 Å². The van der Waals surface area contributed by atoms with E-state index >= 15 is 0 Å². The van der Waals surface area contributed by atoms with Gasteiger partial charge in [-0.25, -0.2) is 4.79 Å². The van der Waals surface area contributed by atoms with Crippen molar-refractivity contribution in [2.75, 3.05) is 6.61 Å².